The van der Waals surface area contributed by atoms with E-state index in [1.54, 1.807) is 11.3 Å². The number of thiazole rings is 1. The Kier molecular flexibility index (Phi) is 2.97. The highest BCUT2D eigenvalue weighted by Crippen LogP contribution is 2.34. The van der Waals surface area contributed by atoms with E-state index in [-0.39, 0.29) is 0 Å². The molecule has 2 aromatic rings. The molecular weight excluding hydrogens is 216 g/mol. The molecule has 0 aliphatic rings. The average molecular weight is 232 g/mol. The molecule has 0 aliphatic heterocycles. The van der Waals surface area contributed by atoms with Crippen LogP contribution in [-0.2, 0) is 0 Å². The fourth-order valence-electron chi connectivity index (χ4n) is 1.74. The number of aromatic nitrogens is 1. The zero-order chi connectivity index (χ0) is 11.7. The van der Waals surface area contributed by atoms with E-state index in [4.69, 9.17) is 5.73 Å². The molecule has 0 amide bonds. The van der Waals surface area contributed by atoms with Gasteiger partial charge in [-0.15, -0.1) is 11.3 Å². The maximum absolute atomic E-state index is 5.80. The van der Waals surface area contributed by atoms with Gasteiger partial charge in [-0.3, -0.25) is 0 Å². The summed E-state index contributed by atoms with van der Waals surface area (Å²) in [6.45, 7) is 6.44. The Morgan fingerprint density at radius 2 is 2.06 bits per heavy atom. The second kappa shape index (κ2) is 4.26. The molecule has 0 atom stereocenters. The lowest BCUT2D eigenvalue weighted by Crippen LogP contribution is -1.88. The quantitative estimate of drug-likeness (QED) is 0.854. The third-order valence-electron chi connectivity index (χ3n) is 2.49. The predicted octanol–water partition coefficient (Wildman–Crippen LogP) is 3.82. The molecule has 0 unspecified atom stereocenters. The summed E-state index contributed by atoms with van der Waals surface area (Å²) in [7, 11) is 0. The predicted molar refractivity (Wildman–Crippen MR) is 70.8 cm³/mol. The van der Waals surface area contributed by atoms with Crippen LogP contribution in [0.15, 0.2) is 24.3 Å². The highest BCUT2D eigenvalue weighted by atomic mass is 32.1. The second-order valence-electron chi connectivity index (χ2n) is 4.29. The zero-order valence-corrected chi connectivity index (χ0v) is 10.6. The minimum absolute atomic E-state index is 0.463. The molecule has 1 aromatic carbocycles. The molecule has 16 heavy (non-hydrogen) atoms. The Morgan fingerprint density at radius 3 is 2.69 bits per heavy atom. The number of nitrogens with zero attached hydrogens (tertiary/aromatic N) is 1. The maximum Gasteiger partial charge on any atom is 0.180 e. The van der Waals surface area contributed by atoms with Gasteiger partial charge in [0.25, 0.3) is 0 Å². The molecular formula is C13H16N2S. The molecule has 0 spiro atoms. The SMILES string of the molecule is Cc1cccc(-c2nc(N)sc2C(C)C)c1. The normalized spacial score (nSPS) is 11.0. The van der Waals surface area contributed by atoms with Crippen molar-refractivity contribution in [3.05, 3.63) is 34.7 Å². The van der Waals surface area contributed by atoms with Gasteiger partial charge in [0.15, 0.2) is 5.13 Å². The van der Waals surface area contributed by atoms with Gasteiger partial charge in [-0.1, -0.05) is 37.6 Å². The van der Waals surface area contributed by atoms with E-state index in [9.17, 15) is 0 Å². The van der Waals surface area contributed by atoms with Crippen molar-refractivity contribution in [3.63, 3.8) is 0 Å². The minimum Gasteiger partial charge on any atom is -0.375 e. The Hall–Kier alpha value is -1.35. The molecule has 0 aliphatic carbocycles. The van der Waals surface area contributed by atoms with Crippen LogP contribution in [-0.4, -0.2) is 4.98 Å². The van der Waals surface area contributed by atoms with Crippen LogP contribution < -0.4 is 5.73 Å². The molecule has 2 nitrogen and oxygen atoms in total. The summed E-state index contributed by atoms with van der Waals surface area (Å²) in [5, 5.41) is 0.653. The summed E-state index contributed by atoms with van der Waals surface area (Å²) in [6.07, 6.45) is 0. The topological polar surface area (TPSA) is 38.9 Å². The molecule has 3 heteroatoms. The molecule has 0 bridgehead atoms. The molecule has 0 radical (unpaired) electrons. The van der Waals surface area contributed by atoms with E-state index in [2.05, 4.69) is 50.0 Å². The number of hydrogen-bond acceptors (Lipinski definition) is 3. The molecule has 84 valence electrons. The fourth-order valence-corrected chi connectivity index (χ4v) is 2.60. The van der Waals surface area contributed by atoms with E-state index in [0.29, 0.717) is 11.0 Å². The van der Waals surface area contributed by atoms with Crippen LogP contribution in [0, 0.1) is 6.92 Å². The summed E-state index contributed by atoms with van der Waals surface area (Å²) in [6, 6.07) is 8.40. The molecule has 0 saturated heterocycles. The van der Waals surface area contributed by atoms with Gasteiger partial charge in [-0.2, -0.15) is 0 Å². The van der Waals surface area contributed by atoms with Gasteiger partial charge in [0.1, 0.15) is 0 Å². The molecule has 1 heterocycles. The standard InChI is InChI=1S/C13H16N2S/c1-8(2)12-11(15-13(14)16-12)10-6-4-5-9(3)7-10/h4-8H,1-3H3,(H2,14,15). The van der Waals surface area contributed by atoms with Crippen molar-refractivity contribution in [2.45, 2.75) is 26.7 Å². The summed E-state index contributed by atoms with van der Waals surface area (Å²) >= 11 is 1.59. The molecule has 0 fully saturated rings. The fraction of sp³-hybridized carbons (Fsp3) is 0.308. The minimum atomic E-state index is 0.463. The van der Waals surface area contributed by atoms with Crippen molar-refractivity contribution in [2.24, 2.45) is 0 Å². The van der Waals surface area contributed by atoms with Crippen molar-refractivity contribution < 1.29 is 0 Å². The first-order valence-corrected chi connectivity index (χ1v) is 6.23. The zero-order valence-electron chi connectivity index (χ0n) is 9.82. The van der Waals surface area contributed by atoms with E-state index in [1.807, 2.05) is 0 Å². The highest BCUT2D eigenvalue weighted by molar-refractivity contribution is 7.15. The molecule has 2 rings (SSSR count). The molecule has 2 N–H and O–H groups in total. The number of rotatable bonds is 2. The lowest BCUT2D eigenvalue weighted by atomic mass is 10.0. The average Bonchev–Trinajstić information content (AvgIpc) is 2.60. The van der Waals surface area contributed by atoms with Crippen LogP contribution in [0.5, 0.6) is 0 Å². The lowest BCUT2D eigenvalue weighted by Gasteiger charge is -2.05. The van der Waals surface area contributed by atoms with Crippen LogP contribution in [0.4, 0.5) is 5.13 Å². The van der Waals surface area contributed by atoms with Crippen LogP contribution in [0.25, 0.3) is 11.3 Å². The smallest absolute Gasteiger partial charge is 0.180 e. The van der Waals surface area contributed by atoms with Crippen LogP contribution >= 0.6 is 11.3 Å². The summed E-state index contributed by atoms with van der Waals surface area (Å²) < 4.78 is 0. The molecule has 1 aromatic heterocycles. The van der Waals surface area contributed by atoms with Crippen molar-refractivity contribution in [1.82, 2.24) is 4.98 Å². The first-order chi connectivity index (χ1) is 7.58. The van der Waals surface area contributed by atoms with E-state index in [0.717, 1.165) is 11.3 Å². The van der Waals surface area contributed by atoms with Gasteiger partial charge in [0.05, 0.1) is 5.69 Å². The van der Waals surface area contributed by atoms with Crippen molar-refractivity contribution in [1.29, 1.82) is 0 Å². The number of anilines is 1. The van der Waals surface area contributed by atoms with E-state index >= 15 is 0 Å². The molecule has 0 saturated carbocycles. The third kappa shape index (κ3) is 2.09. The van der Waals surface area contributed by atoms with Crippen molar-refractivity contribution in [2.75, 3.05) is 5.73 Å². The summed E-state index contributed by atoms with van der Waals surface area (Å²) in [4.78, 5) is 5.71. The maximum atomic E-state index is 5.80. The first kappa shape index (κ1) is 11.1. The Morgan fingerprint density at radius 1 is 1.31 bits per heavy atom. The van der Waals surface area contributed by atoms with E-state index < -0.39 is 0 Å². The number of hydrogen-bond donors (Lipinski definition) is 1. The second-order valence-corrected chi connectivity index (χ2v) is 5.35. The Bertz CT molecular complexity index is 500. The number of nitrogens with two attached hydrogens (primary N) is 1. The van der Waals surface area contributed by atoms with E-state index in [1.165, 1.54) is 10.4 Å². The number of aryl methyl sites for hydroxylation is 1. The van der Waals surface area contributed by atoms with Gasteiger partial charge in [-0.05, 0) is 18.9 Å². The van der Waals surface area contributed by atoms with Gasteiger partial charge < -0.3 is 5.73 Å². The van der Waals surface area contributed by atoms with Gasteiger partial charge in [0, 0.05) is 10.4 Å². The van der Waals surface area contributed by atoms with Crippen LogP contribution in [0.1, 0.15) is 30.2 Å². The first-order valence-electron chi connectivity index (χ1n) is 5.41. The Balaban J connectivity index is 2.55. The summed E-state index contributed by atoms with van der Waals surface area (Å²) in [5.74, 6) is 0.463. The van der Waals surface area contributed by atoms with Crippen molar-refractivity contribution in [3.8, 4) is 11.3 Å². The van der Waals surface area contributed by atoms with Gasteiger partial charge in [0.2, 0.25) is 0 Å². The summed E-state index contributed by atoms with van der Waals surface area (Å²) in [5.41, 5.74) is 9.26. The Labute approximate surface area is 100 Å². The van der Waals surface area contributed by atoms with Gasteiger partial charge in [-0.25, -0.2) is 4.98 Å². The number of benzene rings is 1. The third-order valence-corrected chi connectivity index (χ3v) is 3.67. The largest absolute Gasteiger partial charge is 0.375 e. The number of nitrogen functional groups attached to an aromatic ring is 1. The monoisotopic (exact) mass is 232 g/mol. The lowest BCUT2D eigenvalue weighted by molar-refractivity contribution is 0.888. The highest BCUT2D eigenvalue weighted by Gasteiger charge is 2.14. The van der Waals surface area contributed by atoms with Crippen LogP contribution in [0.2, 0.25) is 0 Å². The van der Waals surface area contributed by atoms with Gasteiger partial charge >= 0.3 is 0 Å². The van der Waals surface area contributed by atoms with Crippen molar-refractivity contribution >= 4 is 16.5 Å². The van der Waals surface area contributed by atoms with Crippen LogP contribution in [0.3, 0.4) is 0 Å².